The number of furan rings is 1. The number of hydrogen-bond donors (Lipinski definition) is 2. The lowest BCUT2D eigenvalue weighted by Crippen LogP contribution is -2.38. The van der Waals surface area contributed by atoms with Crippen LogP contribution < -0.4 is 5.32 Å². The van der Waals surface area contributed by atoms with Gasteiger partial charge in [-0.2, -0.15) is 0 Å². The Morgan fingerprint density at radius 2 is 1.68 bits per heavy atom. The van der Waals surface area contributed by atoms with Crippen LogP contribution in [0.15, 0.2) is 34.7 Å². The summed E-state index contributed by atoms with van der Waals surface area (Å²) in [6.45, 7) is 11.9. The van der Waals surface area contributed by atoms with E-state index in [0.29, 0.717) is 24.2 Å². The fraction of sp³-hybridized carbons (Fsp3) is 0.538. The van der Waals surface area contributed by atoms with Gasteiger partial charge in [0.15, 0.2) is 11.5 Å². The number of ketones is 1. The van der Waals surface area contributed by atoms with Crippen molar-refractivity contribution in [3.63, 3.8) is 0 Å². The van der Waals surface area contributed by atoms with Crippen LogP contribution in [-0.4, -0.2) is 28.9 Å². The van der Waals surface area contributed by atoms with E-state index in [1.54, 1.807) is 6.07 Å². The lowest BCUT2D eigenvalue weighted by Gasteiger charge is -2.26. The third kappa shape index (κ3) is 7.35. The third-order valence-electron chi connectivity index (χ3n) is 5.32. The Bertz CT molecular complexity index is 873. The molecule has 0 spiro atoms. The van der Waals surface area contributed by atoms with Crippen LogP contribution in [0.3, 0.4) is 0 Å². The number of nitrogens with one attached hydrogen (secondary N) is 1. The smallest absolute Gasteiger partial charge is 0.255 e. The van der Waals surface area contributed by atoms with Gasteiger partial charge >= 0.3 is 0 Å². The third-order valence-corrected chi connectivity index (χ3v) is 5.32. The standard InChI is InChI=1S/C22H27NO4.C4H10/c1-13-5-4-6-16(11-13)14(2)21-19(12-20(27-21)15(3)24)22(26)23-17-7-9-18(25)10-8-17;1-4(2)3/h4-6,11-12,14,17-18,25H,7-10H2,1-3H3,(H,23,26);4H,1-3H3. The summed E-state index contributed by atoms with van der Waals surface area (Å²) in [6.07, 6.45) is 2.64. The zero-order chi connectivity index (χ0) is 23.1. The Morgan fingerprint density at radius 3 is 2.23 bits per heavy atom. The number of aliphatic hydroxyl groups excluding tert-OH is 1. The first-order valence-electron chi connectivity index (χ1n) is 11.3. The number of amides is 1. The van der Waals surface area contributed by atoms with E-state index >= 15 is 0 Å². The Labute approximate surface area is 186 Å². The Balaban J connectivity index is 0.000000785. The van der Waals surface area contributed by atoms with Crippen molar-refractivity contribution in [1.82, 2.24) is 5.32 Å². The summed E-state index contributed by atoms with van der Waals surface area (Å²) in [5.74, 6) is 0.981. The van der Waals surface area contributed by atoms with Crippen molar-refractivity contribution < 1.29 is 19.1 Å². The quantitative estimate of drug-likeness (QED) is 0.605. The first kappa shape index (κ1) is 24.9. The molecule has 1 aliphatic carbocycles. The fourth-order valence-electron chi connectivity index (χ4n) is 3.65. The van der Waals surface area contributed by atoms with E-state index in [9.17, 15) is 14.7 Å². The van der Waals surface area contributed by atoms with Crippen LogP contribution in [0, 0.1) is 12.8 Å². The van der Waals surface area contributed by atoms with E-state index in [1.807, 2.05) is 32.0 Å². The predicted molar refractivity (Wildman–Crippen MR) is 124 cm³/mol. The normalized spacial score (nSPS) is 19.4. The molecule has 2 aromatic rings. The summed E-state index contributed by atoms with van der Waals surface area (Å²) in [4.78, 5) is 24.7. The van der Waals surface area contributed by atoms with Gasteiger partial charge in [0, 0.05) is 24.9 Å². The number of benzene rings is 1. The van der Waals surface area contributed by atoms with Crippen LogP contribution in [0.4, 0.5) is 0 Å². The maximum Gasteiger partial charge on any atom is 0.255 e. The van der Waals surface area contributed by atoms with Crippen molar-refractivity contribution >= 4 is 11.7 Å². The molecule has 1 aliphatic rings. The topological polar surface area (TPSA) is 79.5 Å². The Kier molecular flexibility index (Phi) is 9.05. The minimum Gasteiger partial charge on any atom is -0.456 e. The molecule has 1 unspecified atom stereocenters. The number of rotatable bonds is 5. The van der Waals surface area contributed by atoms with Crippen LogP contribution in [-0.2, 0) is 0 Å². The first-order chi connectivity index (χ1) is 14.6. The van der Waals surface area contributed by atoms with Crippen LogP contribution in [0.2, 0.25) is 0 Å². The van der Waals surface area contributed by atoms with Crippen molar-refractivity contribution in [3.8, 4) is 0 Å². The number of aliphatic hydroxyl groups is 1. The van der Waals surface area contributed by atoms with Crippen molar-refractivity contribution in [1.29, 1.82) is 0 Å². The molecule has 1 aromatic carbocycles. The molecule has 2 N–H and O–H groups in total. The van der Waals surface area contributed by atoms with Gasteiger partial charge in [0.25, 0.3) is 5.91 Å². The van der Waals surface area contributed by atoms with Crippen LogP contribution in [0.25, 0.3) is 0 Å². The highest BCUT2D eigenvalue weighted by atomic mass is 16.3. The highest BCUT2D eigenvalue weighted by Crippen LogP contribution is 2.31. The number of carbonyl (C=O) groups is 2. The molecule has 1 amide bonds. The molecule has 0 aliphatic heterocycles. The summed E-state index contributed by atoms with van der Waals surface area (Å²) in [7, 11) is 0. The zero-order valence-corrected chi connectivity index (χ0v) is 19.7. The lowest BCUT2D eigenvalue weighted by molar-refractivity contribution is 0.0865. The van der Waals surface area contributed by atoms with E-state index in [-0.39, 0.29) is 35.5 Å². The van der Waals surface area contributed by atoms with Crippen molar-refractivity contribution in [2.75, 3.05) is 0 Å². The second-order valence-corrected chi connectivity index (χ2v) is 9.29. The second-order valence-electron chi connectivity index (χ2n) is 9.29. The van der Waals surface area contributed by atoms with Gasteiger partial charge in [0.1, 0.15) is 5.76 Å². The predicted octanol–water partition coefficient (Wildman–Crippen LogP) is 5.64. The molecule has 31 heavy (non-hydrogen) atoms. The van der Waals surface area contributed by atoms with Crippen molar-refractivity contribution in [2.45, 2.75) is 85.3 Å². The molecule has 1 saturated carbocycles. The number of Topliss-reactive ketones (excluding diaryl/α,β-unsaturated/α-hetero) is 1. The monoisotopic (exact) mass is 427 g/mol. The average molecular weight is 428 g/mol. The summed E-state index contributed by atoms with van der Waals surface area (Å²) < 4.78 is 5.81. The highest BCUT2D eigenvalue weighted by molar-refractivity contribution is 5.99. The molecule has 5 heteroatoms. The van der Waals surface area contributed by atoms with Gasteiger partial charge in [-0.3, -0.25) is 9.59 Å². The first-order valence-corrected chi connectivity index (χ1v) is 11.3. The van der Waals surface area contributed by atoms with E-state index in [2.05, 4.69) is 32.2 Å². The minimum absolute atomic E-state index is 0.0405. The molecule has 3 rings (SSSR count). The summed E-state index contributed by atoms with van der Waals surface area (Å²) in [5, 5.41) is 12.7. The van der Waals surface area contributed by atoms with E-state index in [4.69, 9.17) is 4.42 Å². The lowest BCUT2D eigenvalue weighted by atomic mass is 9.92. The molecule has 1 aromatic heterocycles. The summed E-state index contributed by atoms with van der Waals surface area (Å²) in [6, 6.07) is 9.64. The van der Waals surface area contributed by atoms with Gasteiger partial charge in [0.05, 0.1) is 11.7 Å². The van der Waals surface area contributed by atoms with Crippen LogP contribution in [0.1, 0.15) is 104 Å². The van der Waals surface area contributed by atoms with Crippen LogP contribution in [0.5, 0.6) is 0 Å². The molecule has 0 radical (unpaired) electrons. The SMILES string of the molecule is CC(=O)c1cc(C(=O)NC2CCC(O)CC2)c(C(C)c2cccc(C)c2)o1.CC(C)C. The largest absolute Gasteiger partial charge is 0.456 e. The zero-order valence-electron chi connectivity index (χ0n) is 19.7. The maximum atomic E-state index is 12.9. The Hall–Kier alpha value is -2.40. The molecular weight excluding hydrogens is 390 g/mol. The van der Waals surface area contributed by atoms with Gasteiger partial charge in [-0.25, -0.2) is 0 Å². The highest BCUT2D eigenvalue weighted by Gasteiger charge is 2.27. The molecular formula is C26H37NO4. The van der Waals surface area contributed by atoms with E-state index in [0.717, 1.165) is 29.9 Å². The molecule has 0 bridgehead atoms. The maximum absolute atomic E-state index is 12.9. The molecule has 5 nitrogen and oxygen atoms in total. The molecule has 1 atom stereocenters. The van der Waals surface area contributed by atoms with Gasteiger partial charge in [-0.15, -0.1) is 0 Å². The van der Waals surface area contributed by atoms with Crippen molar-refractivity contribution in [2.24, 2.45) is 5.92 Å². The van der Waals surface area contributed by atoms with Gasteiger partial charge < -0.3 is 14.8 Å². The van der Waals surface area contributed by atoms with E-state index in [1.165, 1.54) is 6.92 Å². The average Bonchev–Trinajstić information content (AvgIpc) is 3.15. The van der Waals surface area contributed by atoms with Gasteiger partial charge in [-0.1, -0.05) is 57.5 Å². The fourth-order valence-corrected chi connectivity index (χ4v) is 3.65. The molecule has 0 saturated heterocycles. The number of hydrogen-bond acceptors (Lipinski definition) is 4. The summed E-state index contributed by atoms with van der Waals surface area (Å²) >= 11 is 0. The number of carbonyl (C=O) groups excluding carboxylic acids is 2. The van der Waals surface area contributed by atoms with Gasteiger partial charge in [0.2, 0.25) is 0 Å². The van der Waals surface area contributed by atoms with Gasteiger partial charge in [-0.05, 0) is 44.1 Å². The van der Waals surface area contributed by atoms with E-state index < -0.39 is 0 Å². The molecule has 1 heterocycles. The van der Waals surface area contributed by atoms with Crippen molar-refractivity contribution in [3.05, 3.63) is 58.5 Å². The molecule has 1 fully saturated rings. The number of aryl methyl sites for hydroxylation is 1. The van der Waals surface area contributed by atoms with Crippen LogP contribution >= 0.6 is 0 Å². The Morgan fingerprint density at radius 1 is 1.06 bits per heavy atom. The minimum atomic E-state index is -0.270. The molecule has 170 valence electrons. The second kappa shape index (κ2) is 11.3. The summed E-state index contributed by atoms with van der Waals surface area (Å²) in [5.41, 5.74) is 2.58.